The van der Waals surface area contributed by atoms with Gasteiger partial charge < -0.3 is 10.5 Å². The van der Waals surface area contributed by atoms with Gasteiger partial charge in [0.2, 0.25) is 9.84 Å². The van der Waals surface area contributed by atoms with Crippen LogP contribution in [0.15, 0.2) is 48.8 Å². The normalized spacial score (nSPS) is 12.1. The first-order chi connectivity index (χ1) is 11.0. The van der Waals surface area contributed by atoms with Crippen LogP contribution in [0, 0.1) is 0 Å². The molecule has 11 heteroatoms. The predicted octanol–water partition coefficient (Wildman–Crippen LogP) is 2.34. The molecule has 1 aromatic carbocycles. The summed E-state index contributed by atoms with van der Waals surface area (Å²) < 4.78 is 53.2. The molecule has 0 saturated carbocycles. The lowest BCUT2D eigenvalue weighted by Crippen LogP contribution is -2.12. The molecule has 2 aromatic rings. The zero-order valence-corrected chi connectivity index (χ0v) is 16.3. The second-order valence-electron chi connectivity index (χ2n) is 4.70. The average Bonchev–Trinajstić information content (AvgIpc) is 2.93. The maximum atomic E-state index is 12.6. The summed E-state index contributed by atoms with van der Waals surface area (Å²) in [6.07, 6.45) is 0.0825. The van der Waals surface area contributed by atoms with Crippen LogP contribution in [-0.4, -0.2) is 29.2 Å². The molecule has 0 aliphatic rings. The third-order valence-electron chi connectivity index (χ3n) is 2.87. The minimum Gasteiger partial charge on any atom is -0.444 e. The Morgan fingerprint density at radius 2 is 1.88 bits per heavy atom. The lowest BCUT2D eigenvalue weighted by Gasteiger charge is -2.06. The van der Waals surface area contributed by atoms with Crippen LogP contribution in [0.2, 0.25) is 0 Å². The molecule has 24 heavy (non-hydrogen) atoms. The smallest absolute Gasteiger partial charge is 0.404 e. The number of hydrogen-bond acceptors (Lipinski definition) is 7. The van der Waals surface area contributed by atoms with Gasteiger partial charge in [0, 0.05) is 15.6 Å². The van der Waals surface area contributed by atoms with Gasteiger partial charge in [0.1, 0.15) is 10.8 Å². The predicted molar refractivity (Wildman–Crippen MR) is 91.4 cm³/mol. The van der Waals surface area contributed by atoms with Crippen LogP contribution in [0.5, 0.6) is 0 Å². The third kappa shape index (κ3) is 4.15. The SMILES string of the molecule is CS(=O)(=O)c1ccc(S(=O)(=O)c2ccc(COC(N)=O)s2)cc1Br. The molecule has 0 atom stereocenters. The largest absolute Gasteiger partial charge is 0.444 e. The summed E-state index contributed by atoms with van der Waals surface area (Å²) in [5.74, 6) is 0. The van der Waals surface area contributed by atoms with Gasteiger partial charge in [0.05, 0.1) is 9.79 Å². The van der Waals surface area contributed by atoms with Crippen LogP contribution in [0.1, 0.15) is 4.88 Å². The highest BCUT2D eigenvalue weighted by Gasteiger charge is 2.22. The highest BCUT2D eigenvalue weighted by Crippen LogP contribution is 2.31. The number of carbonyl (C=O) groups is 1. The van der Waals surface area contributed by atoms with E-state index in [0.717, 1.165) is 17.6 Å². The maximum absolute atomic E-state index is 12.6. The lowest BCUT2D eigenvalue weighted by atomic mass is 10.4. The van der Waals surface area contributed by atoms with Gasteiger partial charge in [-0.2, -0.15) is 0 Å². The highest BCUT2D eigenvalue weighted by atomic mass is 79.9. The van der Waals surface area contributed by atoms with Crippen LogP contribution in [-0.2, 0) is 31.0 Å². The number of ether oxygens (including phenoxy) is 1. The molecule has 0 aliphatic carbocycles. The molecular formula is C13H12BrNO6S3. The number of rotatable bonds is 5. The minimum absolute atomic E-state index is 0.00294. The van der Waals surface area contributed by atoms with Gasteiger partial charge in [-0.05, 0) is 46.3 Å². The molecule has 130 valence electrons. The van der Waals surface area contributed by atoms with Gasteiger partial charge in [0.25, 0.3) is 0 Å². The van der Waals surface area contributed by atoms with E-state index in [1.807, 2.05) is 0 Å². The fourth-order valence-corrected chi connectivity index (χ4v) is 6.63. The van der Waals surface area contributed by atoms with Crippen molar-refractivity contribution in [2.45, 2.75) is 20.6 Å². The van der Waals surface area contributed by atoms with E-state index in [1.54, 1.807) is 0 Å². The number of hydrogen-bond donors (Lipinski definition) is 1. The zero-order valence-electron chi connectivity index (χ0n) is 12.2. The third-order valence-corrected chi connectivity index (χ3v) is 8.25. The van der Waals surface area contributed by atoms with Gasteiger partial charge in [0.15, 0.2) is 9.84 Å². The summed E-state index contributed by atoms with van der Waals surface area (Å²) in [6.45, 7) is -0.119. The van der Waals surface area contributed by atoms with E-state index in [4.69, 9.17) is 5.73 Å². The van der Waals surface area contributed by atoms with Gasteiger partial charge in [-0.1, -0.05) is 0 Å². The number of sulfone groups is 2. The van der Waals surface area contributed by atoms with E-state index in [0.29, 0.717) is 4.88 Å². The summed E-state index contributed by atoms with van der Waals surface area (Å²) in [4.78, 5) is 11.0. The van der Waals surface area contributed by atoms with Crippen molar-refractivity contribution in [1.82, 2.24) is 0 Å². The summed E-state index contributed by atoms with van der Waals surface area (Å²) >= 11 is 4.02. The Kier molecular flexibility index (Phi) is 5.37. The van der Waals surface area contributed by atoms with Crippen molar-refractivity contribution >= 4 is 53.0 Å². The van der Waals surface area contributed by atoms with E-state index >= 15 is 0 Å². The fraction of sp³-hybridized carbons (Fsp3) is 0.154. The number of benzene rings is 1. The first-order valence-corrected chi connectivity index (χ1v) is 11.3. The number of carbonyl (C=O) groups excluding carboxylic acids is 1. The number of halogens is 1. The van der Waals surface area contributed by atoms with Crippen LogP contribution in [0.4, 0.5) is 4.79 Å². The molecule has 1 aromatic heterocycles. The molecule has 0 spiro atoms. The van der Waals surface area contributed by atoms with Gasteiger partial charge in [-0.3, -0.25) is 0 Å². The molecule has 0 aliphatic heterocycles. The summed E-state index contributed by atoms with van der Waals surface area (Å²) in [5.41, 5.74) is 4.86. The molecule has 0 bridgehead atoms. The first kappa shape index (κ1) is 18.9. The van der Waals surface area contributed by atoms with E-state index in [-0.39, 0.29) is 25.1 Å². The molecular weight excluding hydrogens is 442 g/mol. The van der Waals surface area contributed by atoms with Crippen LogP contribution >= 0.6 is 27.3 Å². The van der Waals surface area contributed by atoms with E-state index < -0.39 is 25.8 Å². The Morgan fingerprint density at radius 1 is 1.21 bits per heavy atom. The molecule has 0 radical (unpaired) electrons. The van der Waals surface area contributed by atoms with Gasteiger partial charge in [-0.15, -0.1) is 11.3 Å². The molecule has 0 unspecified atom stereocenters. The van der Waals surface area contributed by atoms with Gasteiger partial charge >= 0.3 is 6.09 Å². The average molecular weight is 454 g/mol. The Balaban J connectivity index is 2.37. The van der Waals surface area contributed by atoms with Crippen molar-refractivity contribution in [1.29, 1.82) is 0 Å². The quantitative estimate of drug-likeness (QED) is 0.741. The molecule has 2 rings (SSSR count). The van der Waals surface area contributed by atoms with Crippen molar-refractivity contribution in [2.75, 3.05) is 6.26 Å². The molecule has 0 fully saturated rings. The highest BCUT2D eigenvalue weighted by molar-refractivity contribution is 9.10. The Labute approximate surface area is 151 Å². The maximum Gasteiger partial charge on any atom is 0.404 e. The minimum atomic E-state index is -3.82. The zero-order chi connectivity index (χ0) is 18.1. The van der Waals surface area contributed by atoms with Crippen molar-refractivity contribution < 1.29 is 26.4 Å². The Hall–Kier alpha value is -1.43. The van der Waals surface area contributed by atoms with E-state index in [2.05, 4.69) is 20.7 Å². The van der Waals surface area contributed by atoms with Crippen LogP contribution < -0.4 is 5.73 Å². The Morgan fingerprint density at radius 3 is 2.42 bits per heavy atom. The summed E-state index contributed by atoms with van der Waals surface area (Å²) in [5, 5.41) is 0. The number of thiophene rings is 1. The summed E-state index contributed by atoms with van der Waals surface area (Å²) in [7, 11) is -7.29. The Bertz CT molecular complexity index is 994. The number of nitrogens with two attached hydrogens (primary N) is 1. The second kappa shape index (κ2) is 6.82. The van der Waals surface area contributed by atoms with Gasteiger partial charge in [-0.25, -0.2) is 21.6 Å². The van der Waals surface area contributed by atoms with Crippen LogP contribution in [0.3, 0.4) is 0 Å². The van der Waals surface area contributed by atoms with E-state index in [1.165, 1.54) is 30.3 Å². The van der Waals surface area contributed by atoms with E-state index in [9.17, 15) is 21.6 Å². The first-order valence-electron chi connectivity index (χ1n) is 6.27. The standard InChI is InChI=1S/C13H12BrNO6S3/c1-23(17,18)11-4-3-9(6-10(11)14)24(19,20)12-5-2-8(22-12)7-21-13(15)16/h2-6H,7H2,1H3,(H2,15,16). The molecule has 1 amide bonds. The number of amides is 1. The lowest BCUT2D eigenvalue weighted by molar-refractivity contribution is 0.151. The molecule has 0 saturated heterocycles. The molecule has 2 N–H and O–H groups in total. The molecule has 7 nitrogen and oxygen atoms in total. The van der Waals surface area contributed by atoms with Crippen molar-refractivity contribution in [2.24, 2.45) is 5.73 Å². The molecule has 1 heterocycles. The van der Waals surface area contributed by atoms with Crippen molar-refractivity contribution in [3.63, 3.8) is 0 Å². The second-order valence-corrected chi connectivity index (χ2v) is 10.9. The van der Waals surface area contributed by atoms with Crippen molar-refractivity contribution in [3.8, 4) is 0 Å². The summed E-state index contributed by atoms with van der Waals surface area (Å²) in [6, 6.07) is 6.61. The monoisotopic (exact) mass is 453 g/mol. The van der Waals surface area contributed by atoms with Crippen molar-refractivity contribution in [3.05, 3.63) is 39.7 Å². The van der Waals surface area contributed by atoms with Crippen LogP contribution in [0.25, 0.3) is 0 Å². The fourth-order valence-electron chi connectivity index (χ4n) is 1.79. The topological polar surface area (TPSA) is 121 Å². The number of primary amides is 1.